The minimum absolute atomic E-state index is 0.0545. The third-order valence-electron chi connectivity index (χ3n) is 6.96. The average Bonchev–Trinajstić information content (AvgIpc) is 3.14. The predicted octanol–water partition coefficient (Wildman–Crippen LogP) is 9.31. The fourth-order valence-electron chi connectivity index (χ4n) is 5.54. The van der Waals surface area contributed by atoms with E-state index in [1.54, 1.807) is 9.96 Å². The van der Waals surface area contributed by atoms with Crippen molar-refractivity contribution in [2.75, 3.05) is 0 Å². The molecule has 180 valence electrons. The van der Waals surface area contributed by atoms with Gasteiger partial charge in [0, 0.05) is 0 Å². The summed E-state index contributed by atoms with van der Waals surface area (Å²) in [6.45, 7) is 11.6. The van der Waals surface area contributed by atoms with Gasteiger partial charge in [-0.15, -0.1) is 0 Å². The van der Waals surface area contributed by atoms with Gasteiger partial charge in [0.05, 0.1) is 0 Å². The van der Waals surface area contributed by atoms with Crippen LogP contribution in [0.2, 0.25) is 17.3 Å². The van der Waals surface area contributed by atoms with Crippen molar-refractivity contribution in [2.45, 2.75) is 63.7 Å². The first-order valence-corrected chi connectivity index (χ1v) is 21.0. The standard InChI is InChI=1S/C32H37GeNS/c1-20(2)17-22-13-14-25-28-27(35-31(25)29(22)33(6,7)8)15-16-34-30(28)23-18-21-11-9-10-12-24(21)26(19-23)32(3,4)5/h9-16,18-20H,17H2,1-8H3. The number of hydrogen-bond donors (Lipinski definition) is 0. The van der Waals surface area contributed by atoms with Crippen LogP contribution in [0.4, 0.5) is 0 Å². The molecule has 0 saturated heterocycles. The van der Waals surface area contributed by atoms with Crippen LogP contribution in [0.1, 0.15) is 45.7 Å². The normalized spacial score (nSPS) is 12.9. The van der Waals surface area contributed by atoms with Crippen LogP contribution in [0, 0.1) is 5.92 Å². The fourth-order valence-corrected chi connectivity index (χ4v) is 12.7. The second-order valence-corrected chi connectivity index (χ2v) is 24.0. The molecule has 0 aliphatic heterocycles. The summed E-state index contributed by atoms with van der Waals surface area (Å²) < 4.78 is 4.55. The summed E-state index contributed by atoms with van der Waals surface area (Å²) in [4.78, 5) is 5.01. The molecule has 5 aromatic rings. The molecule has 2 heterocycles. The molecule has 0 amide bonds. The van der Waals surface area contributed by atoms with Gasteiger partial charge < -0.3 is 0 Å². The molecule has 5 rings (SSSR count). The van der Waals surface area contributed by atoms with Crippen molar-refractivity contribution in [3.05, 3.63) is 71.9 Å². The molecule has 35 heavy (non-hydrogen) atoms. The molecule has 0 saturated carbocycles. The third kappa shape index (κ3) is 4.45. The van der Waals surface area contributed by atoms with Crippen LogP contribution in [0.15, 0.2) is 60.8 Å². The monoisotopic (exact) mass is 541 g/mol. The Morgan fingerprint density at radius 2 is 1.66 bits per heavy atom. The number of fused-ring (bicyclic) bond motifs is 4. The summed E-state index contributed by atoms with van der Waals surface area (Å²) >= 11 is -0.135. The summed E-state index contributed by atoms with van der Waals surface area (Å²) in [5.41, 5.74) is 5.35. The number of aromatic nitrogens is 1. The van der Waals surface area contributed by atoms with Crippen molar-refractivity contribution < 1.29 is 0 Å². The quantitative estimate of drug-likeness (QED) is 0.207. The van der Waals surface area contributed by atoms with Crippen LogP contribution in [0.3, 0.4) is 0 Å². The second kappa shape index (κ2) is 8.74. The topological polar surface area (TPSA) is 12.9 Å². The summed E-state index contributed by atoms with van der Waals surface area (Å²) in [6, 6.07) is 20.6. The number of hydrogen-bond acceptors (Lipinski definition) is 2. The van der Waals surface area contributed by atoms with E-state index in [0.717, 1.165) is 12.1 Å². The molecule has 0 spiro atoms. The zero-order chi connectivity index (χ0) is 25.1. The molecular formula is C32H37GeNS. The Balaban J connectivity index is 1.85. The van der Waals surface area contributed by atoms with E-state index in [4.69, 9.17) is 4.98 Å². The second-order valence-electron chi connectivity index (χ2n) is 12.5. The van der Waals surface area contributed by atoms with Gasteiger partial charge in [0.1, 0.15) is 0 Å². The first-order chi connectivity index (χ1) is 16.4. The van der Waals surface area contributed by atoms with E-state index < -0.39 is 13.3 Å². The number of rotatable bonds is 4. The van der Waals surface area contributed by atoms with Gasteiger partial charge in [-0.05, 0) is 0 Å². The van der Waals surface area contributed by atoms with Gasteiger partial charge >= 0.3 is 218 Å². The molecule has 2 aromatic heterocycles. The fraction of sp³-hybridized carbons (Fsp3) is 0.344. The van der Waals surface area contributed by atoms with Gasteiger partial charge in [0.15, 0.2) is 0 Å². The molecule has 0 N–H and O–H groups in total. The van der Waals surface area contributed by atoms with Crippen LogP contribution in [-0.2, 0) is 11.8 Å². The van der Waals surface area contributed by atoms with Gasteiger partial charge in [-0.25, -0.2) is 0 Å². The molecule has 0 fully saturated rings. The zero-order valence-electron chi connectivity index (χ0n) is 22.4. The van der Waals surface area contributed by atoms with Crippen molar-refractivity contribution in [1.29, 1.82) is 0 Å². The van der Waals surface area contributed by atoms with E-state index in [1.807, 2.05) is 17.5 Å². The summed E-state index contributed by atoms with van der Waals surface area (Å²) in [5, 5.41) is 5.35. The SMILES string of the molecule is CC(C)Cc1ccc2c(sc3ccnc(-c4cc(C(C)(C)C)c5ccccc5c4)c32)[c]1[Ge]([CH3])([CH3])[CH3]. The zero-order valence-corrected chi connectivity index (χ0v) is 25.3. The summed E-state index contributed by atoms with van der Waals surface area (Å²) in [7, 11) is 0. The minimum atomic E-state index is -2.12. The first-order valence-electron chi connectivity index (χ1n) is 12.8. The molecule has 0 atom stereocenters. The predicted molar refractivity (Wildman–Crippen MR) is 160 cm³/mol. The molecule has 0 unspecified atom stereocenters. The van der Waals surface area contributed by atoms with E-state index in [1.165, 1.54) is 42.1 Å². The Labute approximate surface area is 217 Å². The van der Waals surface area contributed by atoms with Gasteiger partial charge in [-0.2, -0.15) is 0 Å². The number of thiophene rings is 1. The Hall–Kier alpha value is -2.17. The maximum atomic E-state index is 5.01. The number of benzene rings is 3. The molecule has 1 nitrogen and oxygen atoms in total. The first kappa shape index (κ1) is 24.5. The average molecular weight is 540 g/mol. The van der Waals surface area contributed by atoms with Crippen molar-refractivity contribution in [1.82, 2.24) is 4.98 Å². The molecule has 0 bridgehead atoms. The third-order valence-corrected chi connectivity index (χ3v) is 12.9. The van der Waals surface area contributed by atoms with E-state index in [0.29, 0.717) is 5.92 Å². The Kier molecular flexibility index (Phi) is 6.13. The van der Waals surface area contributed by atoms with Crippen molar-refractivity contribution >= 4 is 59.9 Å². The van der Waals surface area contributed by atoms with E-state index in [2.05, 4.69) is 106 Å². The van der Waals surface area contributed by atoms with Crippen molar-refractivity contribution in [3.8, 4) is 11.3 Å². The molecule has 0 radical (unpaired) electrons. The van der Waals surface area contributed by atoms with E-state index in [-0.39, 0.29) is 5.41 Å². The number of nitrogens with zero attached hydrogens (tertiary/aromatic N) is 1. The number of pyridine rings is 1. The van der Waals surface area contributed by atoms with Crippen molar-refractivity contribution in [2.24, 2.45) is 5.92 Å². The van der Waals surface area contributed by atoms with Gasteiger partial charge in [-0.1, -0.05) is 0 Å². The van der Waals surface area contributed by atoms with E-state index in [9.17, 15) is 0 Å². The van der Waals surface area contributed by atoms with Crippen molar-refractivity contribution in [3.63, 3.8) is 0 Å². The maximum absolute atomic E-state index is 5.01. The van der Waals surface area contributed by atoms with E-state index >= 15 is 0 Å². The van der Waals surface area contributed by atoms with Crippen LogP contribution < -0.4 is 4.40 Å². The van der Waals surface area contributed by atoms with Crippen LogP contribution in [0.5, 0.6) is 0 Å². The molecule has 0 aliphatic rings. The van der Waals surface area contributed by atoms with Crippen LogP contribution in [-0.4, -0.2) is 18.3 Å². The van der Waals surface area contributed by atoms with Crippen LogP contribution >= 0.6 is 11.3 Å². The Morgan fingerprint density at radius 1 is 0.914 bits per heavy atom. The summed E-state index contributed by atoms with van der Waals surface area (Å²) in [6.07, 6.45) is 3.17. The van der Waals surface area contributed by atoms with Gasteiger partial charge in [0.2, 0.25) is 0 Å². The van der Waals surface area contributed by atoms with Gasteiger partial charge in [-0.3, -0.25) is 0 Å². The molecule has 3 aromatic carbocycles. The Bertz CT molecular complexity index is 1560. The molecular weight excluding hydrogens is 503 g/mol. The van der Waals surface area contributed by atoms with Gasteiger partial charge in [0.25, 0.3) is 0 Å². The molecule has 3 heteroatoms. The Morgan fingerprint density at radius 3 is 2.34 bits per heavy atom. The molecule has 0 aliphatic carbocycles. The van der Waals surface area contributed by atoms with Crippen LogP contribution in [0.25, 0.3) is 42.2 Å². The summed E-state index contributed by atoms with van der Waals surface area (Å²) in [5.74, 6) is 8.29.